The molecule has 3 atom stereocenters. The fourth-order valence-electron chi connectivity index (χ4n) is 0.811. The average molecular weight is 210 g/mol. The fraction of sp³-hybridized carbons (Fsp3) is 1.00. The lowest BCUT2D eigenvalue weighted by Gasteiger charge is -2.23. The van der Waals surface area contributed by atoms with Crippen LogP contribution >= 0.6 is 11.8 Å². The van der Waals surface area contributed by atoms with Gasteiger partial charge < -0.3 is 0 Å². The molecule has 1 rings (SSSR count). The highest BCUT2D eigenvalue weighted by molar-refractivity contribution is 8.00. The second-order valence-electron chi connectivity index (χ2n) is 2.42. The zero-order valence-electron chi connectivity index (χ0n) is 5.54. The molecule has 0 aromatic heterocycles. The summed E-state index contributed by atoms with van der Waals surface area (Å²) in [5.74, 6) is -1.21. The molecule has 7 heteroatoms. The van der Waals surface area contributed by atoms with Crippen LogP contribution in [0.15, 0.2) is 0 Å². The summed E-state index contributed by atoms with van der Waals surface area (Å²) >= 11 is 0.00248. The average Bonchev–Trinajstić information content (AvgIpc) is 2.16. The number of thioether (sulfide) groups is 1. The maximum absolute atomic E-state index is 12.7. The SMILES string of the molecule is FC1SCC(F)(C(F)(F)F)C1F. The summed E-state index contributed by atoms with van der Waals surface area (Å²) in [6.45, 7) is 0. The Hall–Kier alpha value is -0.0700. The molecule has 0 aromatic carbocycles. The third-order valence-corrected chi connectivity index (χ3v) is 2.74. The van der Waals surface area contributed by atoms with Crippen molar-refractivity contribution in [3.05, 3.63) is 0 Å². The summed E-state index contributed by atoms with van der Waals surface area (Å²) in [5, 5.41) is 0. The summed E-state index contributed by atoms with van der Waals surface area (Å²) in [6, 6.07) is 0. The van der Waals surface area contributed by atoms with E-state index in [1.54, 1.807) is 0 Å². The number of hydrogen-bond acceptors (Lipinski definition) is 1. The van der Waals surface area contributed by atoms with Gasteiger partial charge in [-0.3, -0.25) is 0 Å². The smallest absolute Gasteiger partial charge is 0.239 e. The number of halogens is 6. The van der Waals surface area contributed by atoms with Gasteiger partial charge in [0.1, 0.15) is 0 Å². The minimum atomic E-state index is -5.33. The Labute approximate surface area is 68.3 Å². The molecule has 1 fully saturated rings. The monoisotopic (exact) mass is 210 g/mol. The molecule has 1 saturated heterocycles. The number of rotatable bonds is 0. The van der Waals surface area contributed by atoms with E-state index >= 15 is 0 Å². The van der Waals surface area contributed by atoms with Crippen molar-refractivity contribution in [2.45, 2.75) is 23.5 Å². The van der Waals surface area contributed by atoms with Crippen LogP contribution < -0.4 is 0 Å². The molecule has 3 unspecified atom stereocenters. The zero-order valence-corrected chi connectivity index (χ0v) is 6.35. The van der Waals surface area contributed by atoms with Crippen LogP contribution in [0.2, 0.25) is 0 Å². The molecule has 0 bridgehead atoms. The van der Waals surface area contributed by atoms with Crippen LogP contribution in [0.3, 0.4) is 0 Å². The van der Waals surface area contributed by atoms with Crippen LogP contribution in [0.25, 0.3) is 0 Å². The molecule has 0 spiro atoms. The van der Waals surface area contributed by atoms with Gasteiger partial charge in [0.15, 0.2) is 11.7 Å². The van der Waals surface area contributed by atoms with E-state index in [4.69, 9.17) is 0 Å². The number of hydrogen-bond donors (Lipinski definition) is 0. The lowest BCUT2D eigenvalue weighted by Crippen LogP contribution is -2.49. The highest BCUT2D eigenvalue weighted by atomic mass is 32.2. The number of alkyl halides is 6. The molecule has 0 nitrogen and oxygen atoms in total. The van der Waals surface area contributed by atoms with Gasteiger partial charge in [0.05, 0.1) is 0 Å². The third kappa shape index (κ3) is 1.27. The molecule has 1 aliphatic heterocycles. The first kappa shape index (κ1) is 10.0. The molecule has 0 radical (unpaired) electrons. The third-order valence-electron chi connectivity index (χ3n) is 1.59. The van der Waals surface area contributed by atoms with Gasteiger partial charge in [-0.25, -0.2) is 13.2 Å². The predicted octanol–water partition coefficient (Wildman–Crippen LogP) is 2.64. The standard InChI is InChI=1S/C5H4F6S/c6-2-3(7)12-1-4(2,8)5(9,10)11/h2-3H,1H2. The normalized spacial score (nSPS) is 43.5. The Balaban J connectivity index is 2.86. The van der Waals surface area contributed by atoms with E-state index in [-0.39, 0.29) is 11.8 Å². The van der Waals surface area contributed by atoms with Crippen molar-refractivity contribution in [3.8, 4) is 0 Å². The van der Waals surface area contributed by atoms with Gasteiger partial charge in [0, 0.05) is 5.75 Å². The van der Waals surface area contributed by atoms with Gasteiger partial charge in [-0.15, -0.1) is 11.8 Å². The molecular weight excluding hydrogens is 206 g/mol. The second-order valence-corrected chi connectivity index (χ2v) is 3.50. The Kier molecular flexibility index (Phi) is 2.26. The van der Waals surface area contributed by atoms with Gasteiger partial charge in [0.25, 0.3) is 0 Å². The van der Waals surface area contributed by atoms with Crippen molar-refractivity contribution in [1.29, 1.82) is 0 Å². The van der Waals surface area contributed by atoms with Gasteiger partial charge >= 0.3 is 6.18 Å². The van der Waals surface area contributed by atoms with Crippen LogP contribution in [0, 0.1) is 0 Å². The quantitative estimate of drug-likeness (QED) is 0.554. The molecule has 0 amide bonds. The van der Waals surface area contributed by atoms with Crippen LogP contribution in [0.5, 0.6) is 0 Å². The summed E-state index contributed by atoms with van der Waals surface area (Å²) in [4.78, 5) is 0. The zero-order chi connectivity index (χ0) is 9.57. The van der Waals surface area contributed by atoms with Crippen LogP contribution in [-0.2, 0) is 0 Å². The second kappa shape index (κ2) is 2.71. The van der Waals surface area contributed by atoms with E-state index in [1.165, 1.54) is 0 Å². The summed E-state index contributed by atoms with van der Waals surface area (Å²) in [5.41, 5.74) is -6.44. The maximum atomic E-state index is 12.7. The molecule has 12 heavy (non-hydrogen) atoms. The molecule has 0 aromatic rings. The van der Waals surface area contributed by atoms with E-state index in [1.807, 2.05) is 0 Å². The first-order chi connectivity index (χ1) is 5.29. The first-order valence-electron chi connectivity index (χ1n) is 2.94. The van der Waals surface area contributed by atoms with Crippen LogP contribution in [0.4, 0.5) is 26.3 Å². The van der Waals surface area contributed by atoms with Crippen molar-refractivity contribution in [1.82, 2.24) is 0 Å². The van der Waals surface area contributed by atoms with Crippen LogP contribution in [-0.4, -0.2) is 29.3 Å². The van der Waals surface area contributed by atoms with Crippen molar-refractivity contribution in [2.75, 3.05) is 5.75 Å². The van der Waals surface area contributed by atoms with Gasteiger partial charge in [-0.2, -0.15) is 13.2 Å². The minimum absolute atomic E-state index is 0.00248. The predicted molar refractivity (Wildman–Crippen MR) is 32.1 cm³/mol. The molecule has 0 N–H and O–H groups in total. The molecule has 0 aliphatic carbocycles. The summed E-state index contributed by atoms with van der Waals surface area (Å²) in [6.07, 6.45) is -8.44. The van der Waals surface area contributed by atoms with E-state index in [2.05, 4.69) is 0 Å². The van der Waals surface area contributed by atoms with E-state index < -0.39 is 29.3 Å². The Morgan fingerprint density at radius 2 is 1.75 bits per heavy atom. The molecule has 0 saturated carbocycles. The lowest BCUT2D eigenvalue weighted by atomic mass is 10.0. The van der Waals surface area contributed by atoms with Gasteiger partial charge in [-0.05, 0) is 0 Å². The van der Waals surface area contributed by atoms with E-state index in [0.717, 1.165) is 0 Å². The maximum Gasteiger partial charge on any atom is 0.426 e. The molecular formula is C5H4F6S. The largest absolute Gasteiger partial charge is 0.426 e. The molecule has 1 aliphatic rings. The highest BCUT2D eigenvalue weighted by Crippen LogP contribution is 2.49. The fourth-order valence-corrected chi connectivity index (χ4v) is 1.92. The topological polar surface area (TPSA) is 0 Å². The molecule has 1 heterocycles. The highest BCUT2D eigenvalue weighted by Gasteiger charge is 2.67. The lowest BCUT2D eigenvalue weighted by molar-refractivity contribution is -0.240. The van der Waals surface area contributed by atoms with E-state index in [9.17, 15) is 26.3 Å². The van der Waals surface area contributed by atoms with Crippen molar-refractivity contribution in [2.24, 2.45) is 0 Å². The van der Waals surface area contributed by atoms with E-state index in [0.29, 0.717) is 0 Å². The Morgan fingerprint density at radius 1 is 1.25 bits per heavy atom. The van der Waals surface area contributed by atoms with Crippen molar-refractivity contribution >= 4 is 11.8 Å². The van der Waals surface area contributed by atoms with Crippen LogP contribution in [0.1, 0.15) is 0 Å². The first-order valence-corrected chi connectivity index (χ1v) is 3.99. The Bertz CT molecular complexity index is 179. The van der Waals surface area contributed by atoms with Gasteiger partial charge in [-0.1, -0.05) is 0 Å². The minimum Gasteiger partial charge on any atom is -0.239 e. The summed E-state index contributed by atoms with van der Waals surface area (Å²) < 4.78 is 72.6. The van der Waals surface area contributed by atoms with Crippen molar-refractivity contribution in [3.63, 3.8) is 0 Å². The Morgan fingerprint density at radius 3 is 1.92 bits per heavy atom. The summed E-state index contributed by atoms with van der Waals surface area (Å²) in [7, 11) is 0. The van der Waals surface area contributed by atoms with Crippen molar-refractivity contribution < 1.29 is 26.3 Å². The molecule has 72 valence electrons. The van der Waals surface area contributed by atoms with Gasteiger partial charge in [0.2, 0.25) is 5.67 Å².